The first-order chi connectivity index (χ1) is 16.6. The summed E-state index contributed by atoms with van der Waals surface area (Å²) >= 11 is 0. The molecule has 0 spiro atoms. The van der Waals surface area contributed by atoms with Crippen LogP contribution < -0.4 is 14.2 Å². The third-order valence-electron chi connectivity index (χ3n) is 6.70. The minimum absolute atomic E-state index is 0.0569. The van der Waals surface area contributed by atoms with Gasteiger partial charge >= 0.3 is 5.97 Å². The summed E-state index contributed by atoms with van der Waals surface area (Å²) in [5.74, 6) is 1.25. The third-order valence-corrected chi connectivity index (χ3v) is 6.70. The van der Waals surface area contributed by atoms with Gasteiger partial charge in [0.05, 0.1) is 31.8 Å². The van der Waals surface area contributed by atoms with Gasteiger partial charge in [0.2, 0.25) is 0 Å². The highest BCUT2D eigenvalue weighted by Crippen LogP contribution is 2.42. The number of fused-ring (bicyclic) bond motifs is 2. The molecule has 0 saturated carbocycles. The Labute approximate surface area is 198 Å². The fraction of sp³-hybridized carbons (Fsp3) is 0.286. The Kier molecular flexibility index (Phi) is 5.85. The predicted molar refractivity (Wildman–Crippen MR) is 126 cm³/mol. The molecular weight excluding hydrogens is 430 g/mol. The van der Waals surface area contributed by atoms with Crippen molar-refractivity contribution < 1.29 is 24.1 Å². The van der Waals surface area contributed by atoms with Gasteiger partial charge in [0, 0.05) is 17.5 Å². The Bertz CT molecular complexity index is 1280. The minimum atomic E-state index is -0.827. The fourth-order valence-electron chi connectivity index (χ4n) is 4.99. The Hall–Kier alpha value is -3.98. The summed E-state index contributed by atoms with van der Waals surface area (Å²) in [7, 11) is 1.65. The van der Waals surface area contributed by atoms with E-state index in [-0.39, 0.29) is 18.4 Å². The lowest BCUT2D eigenvalue weighted by atomic mass is 9.92. The van der Waals surface area contributed by atoms with E-state index in [9.17, 15) is 10.1 Å². The Balaban J connectivity index is 1.38. The maximum atomic E-state index is 11.1. The summed E-state index contributed by atoms with van der Waals surface area (Å²) < 4.78 is 17.3. The molecule has 0 bridgehead atoms. The van der Waals surface area contributed by atoms with Crippen LogP contribution in [-0.4, -0.2) is 24.8 Å². The van der Waals surface area contributed by atoms with Crippen LogP contribution in [0.15, 0.2) is 54.6 Å². The van der Waals surface area contributed by atoms with Crippen LogP contribution in [0.2, 0.25) is 0 Å². The number of rotatable bonds is 7. The molecule has 6 nitrogen and oxygen atoms in total. The average Bonchev–Trinajstić information content (AvgIpc) is 3.43. The number of hydrogen-bond acceptors (Lipinski definition) is 5. The predicted octanol–water partition coefficient (Wildman–Crippen LogP) is 5.17. The molecule has 2 aliphatic rings. The van der Waals surface area contributed by atoms with Crippen molar-refractivity contribution in [3.05, 3.63) is 88.0 Å². The summed E-state index contributed by atoms with van der Waals surface area (Å²) in [6, 6.07) is 19.9. The van der Waals surface area contributed by atoms with Crippen molar-refractivity contribution in [2.75, 3.05) is 13.7 Å². The van der Waals surface area contributed by atoms with Crippen LogP contribution in [0.25, 0.3) is 0 Å². The molecule has 1 heterocycles. The highest BCUT2D eigenvalue weighted by Gasteiger charge is 2.30. The highest BCUT2D eigenvalue weighted by atomic mass is 16.5. The van der Waals surface area contributed by atoms with Gasteiger partial charge in [0.15, 0.2) is 0 Å². The molecule has 0 amide bonds. The first-order valence-corrected chi connectivity index (χ1v) is 11.4. The van der Waals surface area contributed by atoms with Crippen LogP contribution in [0.1, 0.15) is 58.2 Å². The molecule has 0 fully saturated rings. The molecule has 2 unspecified atom stereocenters. The van der Waals surface area contributed by atoms with Crippen LogP contribution in [-0.2, 0) is 17.6 Å². The molecule has 172 valence electrons. The Morgan fingerprint density at radius 1 is 1.12 bits per heavy atom. The smallest absolute Gasteiger partial charge is 0.304 e. The second kappa shape index (κ2) is 9.11. The number of ether oxygens (including phenoxy) is 3. The van der Waals surface area contributed by atoms with Crippen LogP contribution in [0.4, 0.5) is 0 Å². The molecule has 5 rings (SSSR count). The van der Waals surface area contributed by atoms with Crippen molar-refractivity contribution in [3.63, 3.8) is 0 Å². The van der Waals surface area contributed by atoms with Crippen LogP contribution >= 0.6 is 0 Å². The van der Waals surface area contributed by atoms with E-state index in [4.69, 9.17) is 19.3 Å². The quantitative estimate of drug-likeness (QED) is 0.528. The monoisotopic (exact) mass is 455 g/mol. The third kappa shape index (κ3) is 4.17. The van der Waals surface area contributed by atoms with Crippen molar-refractivity contribution in [1.29, 1.82) is 5.26 Å². The average molecular weight is 456 g/mol. The van der Waals surface area contributed by atoms with Gasteiger partial charge in [-0.05, 0) is 65.8 Å². The molecule has 34 heavy (non-hydrogen) atoms. The molecule has 0 radical (unpaired) electrons. The molecule has 0 aromatic heterocycles. The highest BCUT2D eigenvalue weighted by molar-refractivity contribution is 5.68. The normalized spacial score (nSPS) is 17.9. The summed E-state index contributed by atoms with van der Waals surface area (Å²) in [4.78, 5) is 11.1. The molecular formula is C28H25NO5. The number of hydrogen-bond donors (Lipinski definition) is 1. The van der Waals surface area contributed by atoms with Crippen LogP contribution in [0.3, 0.4) is 0 Å². The van der Waals surface area contributed by atoms with E-state index >= 15 is 0 Å². The minimum Gasteiger partial charge on any atom is -0.497 e. The topological polar surface area (TPSA) is 88.8 Å². The van der Waals surface area contributed by atoms with E-state index in [1.54, 1.807) is 7.11 Å². The zero-order valence-corrected chi connectivity index (χ0v) is 18.9. The van der Waals surface area contributed by atoms with E-state index in [0.29, 0.717) is 30.1 Å². The number of nitriles is 1. The number of carboxylic acid groups (broad SMARTS) is 1. The second-order valence-corrected chi connectivity index (χ2v) is 8.75. The van der Waals surface area contributed by atoms with E-state index in [2.05, 4.69) is 6.07 Å². The van der Waals surface area contributed by atoms with Crippen molar-refractivity contribution in [1.82, 2.24) is 0 Å². The maximum Gasteiger partial charge on any atom is 0.304 e. The van der Waals surface area contributed by atoms with Gasteiger partial charge in [0.1, 0.15) is 23.4 Å². The number of methoxy groups -OCH3 is 1. The van der Waals surface area contributed by atoms with E-state index in [1.165, 1.54) is 5.56 Å². The van der Waals surface area contributed by atoms with Crippen molar-refractivity contribution >= 4 is 5.97 Å². The number of carboxylic acids is 1. The Morgan fingerprint density at radius 2 is 1.88 bits per heavy atom. The number of benzene rings is 3. The second-order valence-electron chi connectivity index (χ2n) is 8.75. The first kappa shape index (κ1) is 21.8. The van der Waals surface area contributed by atoms with Crippen LogP contribution in [0, 0.1) is 11.3 Å². The van der Waals surface area contributed by atoms with Gasteiger partial charge in [-0.1, -0.05) is 24.3 Å². The maximum absolute atomic E-state index is 11.1. The van der Waals surface area contributed by atoms with Crippen molar-refractivity contribution in [2.45, 2.75) is 37.7 Å². The van der Waals surface area contributed by atoms with Gasteiger partial charge < -0.3 is 19.3 Å². The van der Waals surface area contributed by atoms with Gasteiger partial charge in [-0.15, -0.1) is 0 Å². The largest absolute Gasteiger partial charge is 0.497 e. The summed E-state index contributed by atoms with van der Waals surface area (Å²) in [5.41, 5.74) is 6.12. The molecule has 1 aliphatic heterocycles. The molecule has 6 heteroatoms. The van der Waals surface area contributed by atoms with Gasteiger partial charge in [-0.25, -0.2) is 0 Å². The summed E-state index contributed by atoms with van der Waals surface area (Å²) in [5, 5.41) is 18.8. The molecule has 2 atom stereocenters. The van der Waals surface area contributed by atoms with Crippen molar-refractivity contribution in [3.8, 4) is 23.3 Å². The number of nitrogens with zero attached hydrogens (tertiary/aromatic N) is 1. The standard InChI is InChI=1S/C28H25NO5/c1-32-20-5-2-17(3-6-20)12-25-18(15-29)4-8-24-23(25)10-11-26(24)34-21-7-9-22-19(13-28(30)31)16-33-27(22)14-21/h2-9,14,19,26H,10-13,16H2,1H3,(H,30,31). The SMILES string of the molecule is COc1ccc(Cc2c(C#N)ccc3c2CCC3Oc2ccc3c(c2)OCC3CC(=O)O)cc1. The van der Waals surface area contributed by atoms with Crippen molar-refractivity contribution in [2.24, 2.45) is 0 Å². The first-order valence-electron chi connectivity index (χ1n) is 11.4. The lowest BCUT2D eigenvalue weighted by Crippen LogP contribution is -2.07. The Morgan fingerprint density at radius 3 is 2.62 bits per heavy atom. The van der Waals surface area contributed by atoms with E-state index in [0.717, 1.165) is 40.8 Å². The molecule has 1 aliphatic carbocycles. The number of carbonyl (C=O) groups is 1. The van der Waals surface area contributed by atoms with Gasteiger partial charge in [0.25, 0.3) is 0 Å². The summed E-state index contributed by atoms with van der Waals surface area (Å²) in [6.07, 6.45) is 2.32. The zero-order chi connectivity index (χ0) is 23.7. The fourth-order valence-corrected chi connectivity index (χ4v) is 4.99. The van der Waals surface area contributed by atoms with Gasteiger partial charge in [-0.3, -0.25) is 4.79 Å². The van der Waals surface area contributed by atoms with Crippen LogP contribution in [0.5, 0.6) is 17.2 Å². The lowest BCUT2D eigenvalue weighted by Gasteiger charge is -2.17. The molecule has 0 saturated heterocycles. The van der Waals surface area contributed by atoms with E-state index < -0.39 is 5.97 Å². The molecule has 3 aromatic rings. The number of aliphatic carboxylic acids is 1. The summed E-state index contributed by atoms with van der Waals surface area (Å²) in [6.45, 7) is 0.378. The lowest BCUT2D eigenvalue weighted by molar-refractivity contribution is -0.137. The van der Waals surface area contributed by atoms with E-state index in [1.807, 2.05) is 54.6 Å². The molecule has 1 N–H and O–H groups in total. The zero-order valence-electron chi connectivity index (χ0n) is 18.9. The van der Waals surface area contributed by atoms with Gasteiger partial charge in [-0.2, -0.15) is 5.26 Å². The molecule has 3 aromatic carbocycles.